The van der Waals surface area contributed by atoms with Crippen LogP contribution in [0.15, 0.2) is 42.5 Å². The zero-order valence-corrected chi connectivity index (χ0v) is 14.9. The van der Waals surface area contributed by atoms with E-state index in [0.717, 1.165) is 28.1 Å². The molecule has 3 rings (SSSR count). The summed E-state index contributed by atoms with van der Waals surface area (Å²) in [5, 5.41) is 2.92. The molecule has 2 amide bonds. The van der Waals surface area contributed by atoms with Gasteiger partial charge in [0.05, 0.1) is 0 Å². The van der Waals surface area contributed by atoms with E-state index in [1.165, 1.54) is 0 Å². The van der Waals surface area contributed by atoms with Crippen molar-refractivity contribution in [3.63, 3.8) is 0 Å². The van der Waals surface area contributed by atoms with Crippen molar-refractivity contribution in [3.05, 3.63) is 48.0 Å². The van der Waals surface area contributed by atoms with Gasteiger partial charge in [-0.2, -0.15) is 0 Å². The topological polar surface area (TPSA) is 50.8 Å². The average molecular weight is 383 g/mol. The molecule has 2 aromatic rings. The fraction of sp³-hybridized carbons (Fsp3) is 0.263. The zero-order valence-electron chi connectivity index (χ0n) is 13.9. The van der Waals surface area contributed by atoms with E-state index < -0.39 is 0 Å². The minimum absolute atomic E-state index is 0.0955. The fourth-order valence-corrected chi connectivity index (χ4v) is 2.94. The first-order valence-corrected chi connectivity index (χ1v) is 8.60. The molecular formula is C19H20N2NiO3. The Hall–Kier alpha value is -2.17. The number of morpholine rings is 1. The van der Waals surface area contributed by atoms with Crippen LogP contribution in [0.5, 0.6) is 5.75 Å². The molecular weight excluding hydrogens is 363 g/mol. The molecule has 0 aromatic heterocycles. The first kappa shape index (κ1) is 17.6. The van der Waals surface area contributed by atoms with Crippen LogP contribution in [0.4, 0.5) is 10.5 Å². The van der Waals surface area contributed by atoms with Gasteiger partial charge in [-0.1, -0.05) is 0 Å². The van der Waals surface area contributed by atoms with Gasteiger partial charge in [0, 0.05) is 0 Å². The van der Waals surface area contributed by atoms with Crippen LogP contribution in [-0.2, 0) is 19.8 Å². The first-order chi connectivity index (χ1) is 12.2. The molecule has 0 aliphatic carbocycles. The number of carbonyl (C=O) groups excluding carboxylic acids is 1. The van der Waals surface area contributed by atoms with Gasteiger partial charge >= 0.3 is 150 Å². The maximum absolute atomic E-state index is 12.2. The van der Waals surface area contributed by atoms with Gasteiger partial charge in [0.25, 0.3) is 0 Å². The summed E-state index contributed by atoms with van der Waals surface area (Å²) in [5.74, 6) is 0.779. The van der Waals surface area contributed by atoms with Gasteiger partial charge in [-0.25, -0.2) is 0 Å². The van der Waals surface area contributed by atoms with Gasteiger partial charge < -0.3 is 4.74 Å². The van der Waals surface area contributed by atoms with Crippen molar-refractivity contribution in [2.45, 2.75) is 0 Å². The van der Waals surface area contributed by atoms with Crippen LogP contribution >= 0.6 is 0 Å². The van der Waals surface area contributed by atoms with Gasteiger partial charge in [0.15, 0.2) is 0 Å². The van der Waals surface area contributed by atoms with Gasteiger partial charge in [-0.15, -0.1) is 0 Å². The minimum atomic E-state index is -0.0955. The molecule has 6 heteroatoms. The Labute approximate surface area is 154 Å². The molecule has 134 valence electrons. The first-order valence-electron chi connectivity index (χ1n) is 8.03. The Morgan fingerprint density at radius 1 is 1.20 bits per heavy atom. The van der Waals surface area contributed by atoms with Gasteiger partial charge in [0.2, 0.25) is 0 Å². The van der Waals surface area contributed by atoms with Crippen LogP contribution in [0.2, 0.25) is 0 Å². The van der Waals surface area contributed by atoms with Crippen molar-refractivity contribution in [1.82, 2.24) is 4.90 Å². The molecule has 1 fully saturated rings. The van der Waals surface area contributed by atoms with E-state index in [2.05, 4.69) is 5.32 Å². The van der Waals surface area contributed by atoms with Crippen LogP contribution < -0.4 is 10.1 Å². The van der Waals surface area contributed by atoms with Crippen molar-refractivity contribution in [3.8, 4) is 16.9 Å². The van der Waals surface area contributed by atoms with Crippen molar-refractivity contribution >= 4 is 16.7 Å². The summed E-state index contributed by atoms with van der Waals surface area (Å²) in [7, 11) is 1.64. The Kier molecular flexibility index (Phi) is 5.84. The van der Waals surface area contributed by atoms with Crippen LogP contribution in [0.25, 0.3) is 11.1 Å². The van der Waals surface area contributed by atoms with E-state index in [4.69, 9.17) is 24.5 Å². The Bertz CT molecular complexity index is 756. The molecule has 1 aliphatic rings. The van der Waals surface area contributed by atoms with E-state index in [1.807, 2.05) is 42.5 Å². The number of urea groups is 1. The molecule has 1 N–H and O–H groups in total. The second kappa shape index (κ2) is 8.28. The summed E-state index contributed by atoms with van der Waals surface area (Å²) >= 11 is 4.80. The third-order valence-electron chi connectivity index (χ3n) is 4.10. The number of nitrogens with one attached hydrogen (secondary N) is 1. The van der Waals surface area contributed by atoms with Gasteiger partial charge in [0.1, 0.15) is 0 Å². The average Bonchev–Trinajstić information content (AvgIpc) is 2.68. The number of hydrogen-bond donors (Lipinski definition) is 1. The van der Waals surface area contributed by atoms with Crippen molar-refractivity contribution < 1.29 is 29.3 Å². The summed E-state index contributed by atoms with van der Waals surface area (Å²) in [6.07, 6.45) is 0. The number of amides is 2. The predicted octanol–water partition coefficient (Wildman–Crippen LogP) is 2.92. The number of rotatable bonds is 4. The second-order valence-corrected chi connectivity index (χ2v) is 5.94. The fourth-order valence-electron chi connectivity index (χ4n) is 2.71. The number of methoxy groups -OCH3 is 1. The van der Waals surface area contributed by atoms with Crippen molar-refractivity contribution in [1.29, 1.82) is 0 Å². The molecule has 1 saturated heterocycles. The monoisotopic (exact) mass is 382 g/mol. The van der Waals surface area contributed by atoms with E-state index >= 15 is 0 Å². The summed E-state index contributed by atoms with van der Waals surface area (Å²) in [5.41, 5.74) is 3.79. The predicted molar refractivity (Wildman–Crippen MR) is 95.0 cm³/mol. The molecule has 5 nitrogen and oxygen atoms in total. The SMILES string of the molecule is COc1ccc(-c2ccc(NC(=O)N3CCOCC3)cc2)c([CH]=[Ni])c1. The molecule has 1 heterocycles. The summed E-state index contributed by atoms with van der Waals surface area (Å²) in [6, 6.07) is 13.5. The van der Waals surface area contributed by atoms with Crippen molar-refractivity contribution in [2.24, 2.45) is 0 Å². The number of anilines is 1. The molecule has 0 radical (unpaired) electrons. The number of carbonyl (C=O) groups is 1. The van der Waals surface area contributed by atoms with Crippen LogP contribution in [0.3, 0.4) is 0 Å². The Morgan fingerprint density at radius 2 is 1.92 bits per heavy atom. The molecule has 2 aromatic carbocycles. The molecule has 0 unspecified atom stereocenters. The van der Waals surface area contributed by atoms with Crippen LogP contribution in [0, 0.1) is 0 Å². The van der Waals surface area contributed by atoms with E-state index in [0.29, 0.717) is 26.3 Å². The third-order valence-corrected chi connectivity index (χ3v) is 4.41. The number of benzene rings is 2. The van der Waals surface area contributed by atoms with Gasteiger partial charge in [-0.05, 0) is 0 Å². The Balaban J connectivity index is 1.74. The molecule has 0 saturated carbocycles. The number of nitrogens with zero attached hydrogens (tertiary/aromatic N) is 1. The molecule has 0 spiro atoms. The van der Waals surface area contributed by atoms with Crippen LogP contribution in [-0.4, -0.2) is 49.3 Å². The molecule has 0 bridgehead atoms. The third kappa shape index (κ3) is 4.27. The maximum atomic E-state index is 12.2. The summed E-state index contributed by atoms with van der Waals surface area (Å²) in [4.78, 5) is 15.7. The van der Waals surface area contributed by atoms with Gasteiger partial charge in [-0.3, -0.25) is 0 Å². The van der Waals surface area contributed by atoms with E-state index in [1.54, 1.807) is 17.0 Å². The molecule has 25 heavy (non-hydrogen) atoms. The number of ether oxygens (including phenoxy) is 2. The quantitative estimate of drug-likeness (QED) is 0.827. The molecule has 1 aliphatic heterocycles. The molecule has 0 atom stereocenters. The number of hydrogen-bond acceptors (Lipinski definition) is 3. The summed E-state index contributed by atoms with van der Waals surface area (Å²) < 4.78 is 10.5. The van der Waals surface area contributed by atoms with E-state index in [9.17, 15) is 4.79 Å². The summed E-state index contributed by atoms with van der Waals surface area (Å²) in [6.45, 7) is 2.42. The van der Waals surface area contributed by atoms with E-state index in [-0.39, 0.29) is 6.03 Å². The van der Waals surface area contributed by atoms with Crippen LogP contribution in [0.1, 0.15) is 5.56 Å². The second-order valence-electron chi connectivity index (χ2n) is 5.65. The zero-order chi connectivity index (χ0) is 17.6. The Morgan fingerprint density at radius 3 is 2.56 bits per heavy atom. The normalized spacial score (nSPS) is 14.1. The van der Waals surface area contributed by atoms with Crippen molar-refractivity contribution in [2.75, 3.05) is 38.7 Å². The standard InChI is InChI=1S/C19H20N2O3.Ni/c1-14-13-17(23-2)7-8-18(14)15-3-5-16(6-4-15)20-19(22)21-9-11-24-12-10-21;/h1,3-8,13H,9-12H2,2H3,(H,20,22);.